The molecule has 0 saturated carbocycles. The van der Waals surface area contributed by atoms with Crippen LogP contribution < -0.4 is 5.32 Å². The number of hydrogen-bond donors (Lipinski definition) is 1. The number of aryl methyl sites for hydroxylation is 1. The average Bonchev–Trinajstić information content (AvgIpc) is 2.66. The van der Waals surface area contributed by atoms with Crippen LogP contribution in [0.3, 0.4) is 0 Å². The highest BCUT2D eigenvalue weighted by Crippen LogP contribution is 2.08. The van der Waals surface area contributed by atoms with Crippen LogP contribution in [-0.2, 0) is 4.79 Å². The number of nitrogens with zero attached hydrogens (tertiary/aromatic N) is 4. The lowest BCUT2D eigenvalue weighted by molar-refractivity contribution is -0.121. The van der Waals surface area contributed by atoms with Crippen molar-refractivity contribution < 1.29 is 9.59 Å². The maximum Gasteiger partial charge on any atom is 0.274 e. The molecule has 150 valence electrons. The van der Waals surface area contributed by atoms with E-state index in [4.69, 9.17) is 0 Å². The molecule has 0 atom stereocenters. The Morgan fingerprint density at radius 2 is 1.93 bits per heavy atom. The normalized spacial score (nSPS) is 15.0. The number of likely N-dealkylation sites (tertiary alicyclic amines) is 1. The second kappa shape index (κ2) is 11.0. The van der Waals surface area contributed by atoms with Gasteiger partial charge in [0.25, 0.3) is 5.91 Å². The largest absolute Gasteiger partial charge is 0.355 e. The number of carbonyl (C=O) groups is 2. The first-order valence-corrected chi connectivity index (χ1v) is 10.0. The van der Waals surface area contributed by atoms with Crippen LogP contribution in [0.25, 0.3) is 0 Å². The first kappa shape index (κ1) is 21.3. The van der Waals surface area contributed by atoms with Gasteiger partial charge >= 0.3 is 0 Å². The van der Waals surface area contributed by atoms with Crippen LogP contribution in [-0.4, -0.2) is 70.9 Å². The van der Waals surface area contributed by atoms with Crippen LogP contribution in [0.1, 0.15) is 55.7 Å². The van der Waals surface area contributed by atoms with Crippen LogP contribution in [0, 0.1) is 12.8 Å². The summed E-state index contributed by atoms with van der Waals surface area (Å²) in [4.78, 5) is 37.3. The summed E-state index contributed by atoms with van der Waals surface area (Å²) in [6.45, 7) is 10.8. The van der Waals surface area contributed by atoms with Crippen LogP contribution in [0.2, 0.25) is 0 Å². The molecule has 1 saturated heterocycles. The number of amides is 2. The van der Waals surface area contributed by atoms with Crippen LogP contribution >= 0.6 is 0 Å². The van der Waals surface area contributed by atoms with Crippen molar-refractivity contribution in [2.75, 3.05) is 39.3 Å². The monoisotopic (exact) mass is 375 g/mol. The molecule has 1 fully saturated rings. The Labute approximate surface area is 162 Å². The van der Waals surface area contributed by atoms with Crippen molar-refractivity contribution in [3.05, 3.63) is 23.8 Å². The highest BCUT2D eigenvalue weighted by atomic mass is 16.2. The third-order valence-corrected chi connectivity index (χ3v) is 4.68. The van der Waals surface area contributed by atoms with Crippen molar-refractivity contribution >= 4 is 11.8 Å². The molecule has 27 heavy (non-hydrogen) atoms. The van der Waals surface area contributed by atoms with E-state index < -0.39 is 0 Å². The molecule has 2 amide bonds. The Balaban J connectivity index is 1.79. The van der Waals surface area contributed by atoms with E-state index in [-0.39, 0.29) is 11.8 Å². The minimum Gasteiger partial charge on any atom is -0.355 e. The van der Waals surface area contributed by atoms with E-state index in [1.54, 1.807) is 11.1 Å². The van der Waals surface area contributed by atoms with Gasteiger partial charge in [-0.1, -0.05) is 20.3 Å². The minimum atomic E-state index is -0.169. The van der Waals surface area contributed by atoms with Crippen molar-refractivity contribution in [1.82, 2.24) is 25.1 Å². The summed E-state index contributed by atoms with van der Waals surface area (Å²) in [7, 11) is 0. The number of hydrogen-bond acceptors (Lipinski definition) is 5. The van der Waals surface area contributed by atoms with E-state index in [0.29, 0.717) is 37.7 Å². The lowest BCUT2D eigenvalue weighted by Gasteiger charge is -2.26. The van der Waals surface area contributed by atoms with Gasteiger partial charge in [-0.15, -0.1) is 0 Å². The molecule has 1 aliphatic heterocycles. The highest BCUT2D eigenvalue weighted by Gasteiger charge is 2.19. The topological polar surface area (TPSA) is 78.4 Å². The third-order valence-electron chi connectivity index (χ3n) is 4.68. The molecule has 0 bridgehead atoms. The van der Waals surface area contributed by atoms with Gasteiger partial charge < -0.3 is 15.1 Å². The molecule has 1 N–H and O–H groups in total. The average molecular weight is 376 g/mol. The fourth-order valence-electron chi connectivity index (χ4n) is 3.24. The highest BCUT2D eigenvalue weighted by molar-refractivity contribution is 5.92. The first-order valence-electron chi connectivity index (χ1n) is 10.0. The fraction of sp³-hybridized carbons (Fsp3) is 0.700. The second-order valence-corrected chi connectivity index (χ2v) is 7.69. The number of nitrogens with one attached hydrogen (secondary N) is 1. The number of rotatable bonds is 9. The van der Waals surface area contributed by atoms with Crippen molar-refractivity contribution in [2.24, 2.45) is 5.92 Å². The number of carbonyl (C=O) groups excluding carboxylic acids is 2. The molecule has 1 aromatic rings. The Kier molecular flexibility index (Phi) is 8.64. The van der Waals surface area contributed by atoms with E-state index in [1.807, 2.05) is 6.92 Å². The lowest BCUT2D eigenvalue weighted by Crippen LogP contribution is -2.40. The summed E-state index contributed by atoms with van der Waals surface area (Å²) < 4.78 is 0. The zero-order chi connectivity index (χ0) is 19.6. The van der Waals surface area contributed by atoms with E-state index in [1.165, 1.54) is 25.5 Å². The van der Waals surface area contributed by atoms with Crippen molar-refractivity contribution in [1.29, 1.82) is 0 Å². The zero-order valence-corrected chi connectivity index (χ0v) is 16.9. The molecule has 1 aliphatic rings. The molecule has 0 radical (unpaired) electrons. The van der Waals surface area contributed by atoms with Crippen LogP contribution in [0.4, 0.5) is 0 Å². The summed E-state index contributed by atoms with van der Waals surface area (Å²) in [5.41, 5.74) is 1.10. The van der Waals surface area contributed by atoms with Gasteiger partial charge in [-0.25, -0.2) is 4.98 Å². The maximum absolute atomic E-state index is 12.7. The summed E-state index contributed by atoms with van der Waals surface area (Å²) >= 11 is 0. The van der Waals surface area contributed by atoms with Crippen molar-refractivity contribution in [3.8, 4) is 0 Å². The standard InChI is InChI=1S/C20H33N5O2/c1-16(2)15-25(20(27)18-14-22-17(3)13-23-18)11-7-19(26)21-8-12-24-9-5-4-6-10-24/h13-14,16H,4-12,15H2,1-3H3,(H,21,26). The molecular formula is C20H33N5O2. The Bertz CT molecular complexity index is 597. The van der Waals surface area contributed by atoms with Gasteiger partial charge in [0.05, 0.1) is 11.9 Å². The van der Waals surface area contributed by atoms with Gasteiger partial charge in [0.1, 0.15) is 5.69 Å². The van der Waals surface area contributed by atoms with Crippen LogP contribution in [0.15, 0.2) is 12.4 Å². The maximum atomic E-state index is 12.7. The molecule has 2 rings (SSSR count). The van der Waals surface area contributed by atoms with Crippen molar-refractivity contribution in [2.45, 2.75) is 46.5 Å². The Hall–Kier alpha value is -2.02. The van der Waals surface area contributed by atoms with Crippen molar-refractivity contribution in [3.63, 3.8) is 0 Å². The number of aromatic nitrogens is 2. The zero-order valence-electron chi connectivity index (χ0n) is 16.9. The van der Waals surface area contributed by atoms with Gasteiger partial charge in [0.2, 0.25) is 5.91 Å². The lowest BCUT2D eigenvalue weighted by atomic mass is 10.1. The summed E-state index contributed by atoms with van der Waals surface area (Å²) in [5.74, 6) is 0.135. The number of piperidine rings is 1. The summed E-state index contributed by atoms with van der Waals surface area (Å²) in [5, 5.41) is 2.98. The second-order valence-electron chi connectivity index (χ2n) is 7.69. The Morgan fingerprint density at radius 3 is 2.56 bits per heavy atom. The SMILES string of the molecule is Cc1cnc(C(=O)N(CCC(=O)NCCN2CCCCC2)CC(C)C)cn1. The fourth-order valence-corrected chi connectivity index (χ4v) is 3.24. The van der Waals surface area contributed by atoms with E-state index in [2.05, 4.69) is 34.0 Å². The van der Waals surface area contributed by atoms with E-state index in [0.717, 1.165) is 25.3 Å². The quantitative estimate of drug-likeness (QED) is 0.713. The molecule has 0 aromatic carbocycles. The van der Waals surface area contributed by atoms with E-state index >= 15 is 0 Å². The molecule has 0 spiro atoms. The van der Waals surface area contributed by atoms with Gasteiger partial charge in [0.15, 0.2) is 0 Å². The van der Waals surface area contributed by atoms with Crippen LogP contribution in [0.5, 0.6) is 0 Å². The molecule has 0 unspecified atom stereocenters. The smallest absolute Gasteiger partial charge is 0.274 e. The Morgan fingerprint density at radius 1 is 1.19 bits per heavy atom. The van der Waals surface area contributed by atoms with Gasteiger partial charge in [0, 0.05) is 38.8 Å². The summed E-state index contributed by atoms with van der Waals surface area (Å²) in [6, 6.07) is 0. The van der Waals surface area contributed by atoms with Gasteiger partial charge in [-0.3, -0.25) is 14.6 Å². The molecule has 1 aromatic heterocycles. The summed E-state index contributed by atoms with van der Waals surface area (Å²) in [6.07, 6.45) is 7.22. The predicted octanol–water partition coefficient (Wildman–Crippen LogP) is 1.88. The molecule has 2 heterocycles. The first-order chi connectivity index (χ1) is 13.0. The predicted molar refractivity (Wildman–Crippen MR) is 105 cm³/mol. The van der Waals surface area contributed by atoms with Gasteiger partial charge in [-0.05, 0) is 38.8 Å². The molecule has 7 heteroatoms. The van der Waals surface area contributed by atoms with Gasteiger partial charge in [-0.2, -0.15) is 0 Å². The molecular weight excluding hydrogens is 342 g/mol. The molecule has 0 aliphatic carbocycles. The van der Waals surface area contributed by atoms with E-state index in [9.17, 15) is 9.59 Å². The third kappa shape index (κ3) is 7.62. The molecule has 7 nitrogen and oxygen atoms in total. The minimum absolute atomic E-state index is 0.0106.